The fourth-order valence-electron chi connectivity index (χ4n) is 4.87. The monoisotopic (exact) mass is 616 g/mol. The van der Waals surface area contributed by atoms with Crippen molar-refractivity contribution in [3.05, 3.63) is 80.9 Å². The van der Waals surface area contributed by atoms with E-state index in [4.69, 9.17) is 39.5 Å². The molecule has 0 aliphatic rings. The Morgan fingerprint density at radius 2 is 1.39 bits per heavy atom. The molecule has 0 aliphatic carbocycles. The van der Waals surface area contributed by atoms with Crippen LogP contribution >= 0.6 is 34.8 Å². The molecule has 41 heavy (non-hydrogen) atoms. The van der Waals surface area contributed by atoms with Crippen molar-refractivity contribution in [1.29, 1.82) is 0 Å². The molecule has 3 aromatic rings. The molecule has 4 nitrogen and oxygen atoms in total. The second-order valence-corrected chi connectivity index (χ2v) is 11.8. The summed E-state index contributed by atoms with van der Waals surface area (Å²) in [6.45, 7) is 4.51. The van der Waals surface area contributed by atoms with Gasteiger partial charge in [-0.1, -0.05) is 117 Å². The lowest BCUT2D eigenvalue weighted by atomic mass is 10.1. The number of carbonyl (C=O) groups is 1. The van der Waals surface area contributed by atoms with E-state index in [1.54, 1.807) is 22.9 Å². The Morgan fingerprint density at radius 1 is 0.805 bits per heavy atom. The summed E-state index contributed by atoms with van der Waals surface area (Å²) in [5, 5.41) is 6.22. The number of rotatable bonds is 18. The summed E-state index contributed by atoms with van der Waals surface area (Å²) in [5.41, 5.74) is 3.23. The van der Waals surface area contributed by atoms with Crippen LogP contribution in [-0.4, -0.2) is 22.4 Å². The molecule has 1 aromatic heterocycles. The molecule has 2 aromatic carbocycles. The fourth-order valence-corrected chi connectivity index (χ4v) is 5.48. The number of hydrogen-bond donors (Lipinski definition) is 0. The van der Waals surface area contributed by atoms with E-state index < -0.39 is 5.97 Å². The van der Waals surface area contributed by atoms with Gasteiger partial charge in [0, 0.05) is 21.2 Å². The SMILES string of the molecule is CCCCCCC/C=C/CCCCCCCCOC(=O)c1nn(-c2ccc(Cl)cc2Cl)c(-c2ccc(Cl)cc2)c1C. The molecule has 0 fully saturated rings. The molecule has 3 rings (SSSR count). The van der Waals surface area contributed by atoms with Crippen LogP contribution in [0.4, 0.5) is 0 Å². The molecular weight excluding hydrogens is 575 g/mol. The van der Waals surface area contributed by atoms with Gasteiger partial charge in [-0.15, -0.1) is 0 Å². The maximum absolute atomic E-state index is 13.1. The van der Waals surface area contributed by atoms with E-state index in [0.717, 1.165) is 30.5 Å². The van der Waals surface area contributed by atoms with Crippen LogP contribution in [0, 0.1) is 6.92 Å². The highest BCUT2D eigenvalue weighted by molar-refractivity contribution is 6.35. The first-order valence-electron chi connectivity index (χ1n) is 15.1. The minimum atomic E-state index is -0.432. The van der Waals surface area contributed by atoms with Crippen molar-refractivity contribution in [3.8, 4) is 16.9 Å². The predicted octanol–water partition coefficient (Wildman–Crippen LogP) is 11.6. The maximum atomic E-state index is 13.1. The van der Waals surface area contributed by atoms with Crippen LogP contribution in [0.2, 0.25) is 15.1 Å². The third-order valence-electron chi connectivity index (χ3n) is 7.21. The highest BCUT2D eigenvalue weighted by Gasteiger charge is 2.24. The third-order valence-corrected chi connectivity index (χ3v) is 8.00. The number of aromatic nitrogens is 2. The molecule has 0 saturated carbocycles. The number of halogens is 3. The molecule has 0 N–H and O–H groups in total. The molecule has 0 aliphatic heterocycles. The smallest absolute Gasteiger partial charge is 0.359 e. The summed E-state index contributed by atoms with van der Waals surface area (Å²) in [7, 11) is 0. The van der Waals surface area contributed by atoms with Gasteiger partial charge in [0.15, 0.2) is 5.69 Å². The molecule has 0 radical (unpaired) electrons. The van der Waals surface area contributed by atoms with Gasteiger partial charge in [0.25, 0.3) is 0 Å². The molecule has 0 saturated heterocycles. The molecular formula is C34H43Cl3N2O2. The Labute approximate surface area is 261 Å². The molecule has 7 heteroatoms. The van der Waals surface area contributed by atoms with Crippen molar-refractivity contribution in [1.82, 2.24) is 9.78 Å². The number of allylic oxidation sites excluding steroid dienone is 2. The van der Waals surface area contributed by atoms with Crippen molar-refractivity contribution >= 4 is 40.8 Å². The molecule has 0 bridgehead atoms. The number of hydrogen-bond acceptors (Lipinski definition) is 3. The van der Waals surface area contributed by atoms with E-state index in [0.29, 0.717) is 32.9 Å². The zero-order chi connectivity index (χ0) is 29.5. The number of esters is 1. The van der Waals surface area contributed by atoms with Gasteiger partial charge in [-0.3, -0.25) is 0 Å². The van der Waals surface area contributed by atoms with Crippen LogP contribution in [0.3, 0.4) is 0 Å². The molecule has 0 amide bonds. The lowest BCUT2D eigenvalue weighted by Crippen LogP contribution is -2.09. The van der Waals surface area contributed by atoms with Gasteiger partial charge in [0.2, 0.25) is 0 Å². The van der Waals surface area contributed by atoms with E-state index in [1.807, 2.05) is 31.2 Å². The Hall–Kier alpha value is -2.27. The first-order valence-corrected chi connectivity index (χ1v) is 16.2. The lowest BCUT2D eigenvalue weighted by molar-refractivity contribution is 0.0489. The van der Waals surface area contributed by atoms with E-state index in [2.05, 4.69) is 24.2 Å². The van der Waals surface area contributed by atoms with E-state index in [9.17, 15) is 4.79 Å². The van der Waals surface area contributed by atoms with Gasteiger partial charge >= 0.3 is 5.97 Å². The van der Waals surface area contributed by atoms with Crippen molar-refractivity contribution in [2.24, 2.45) is 0 Å². The second kappa shape index (κ2) is 18.3. The van der Waals surface area contributed by atoms with Gasteiger partial charge in [-0.2, -0.15) is 5.10 Å². The fraction of sp³-hybridized carbons (Fsp3) is 0.471. The van der Waals surface area contributed by atoms with Crippen molar-refractivity contribution < 1.29 is 9.53 Å². The van der Waals surface area contributed by atoms with Crippen LogP contribution in [0.25, 0.3) is 16.9 Å². The summed E-state index contributed by atoms with van der Waals surface area (Å²) in [6.07, 6.45) is 20.6. The van der Waals surface area contributed by atoms with Crippen molar-refractivity contribution in [3.63, 3.8) is 0 Å². The maximum Gasteiger partial charge on any atom is 0.359 e. The quantitative estimate of drug-likeness (QED) is 0.0810. The average molecular weight is 618 g/mol. The number of unbranched alkanes of at least 4 members (excludes halogenated alkanes) is 11. The van der Waals surface area contributed by atoms with Crippen LogP contribution < -0.4 is 0 Å². The predicted molar refractivity (Wildman–Crippen MR) is 174 cm³/mol. The van der Waals surface area contributed by atoms with Gasteiger partial charge in [-0.05, 0) is 69.4 Å². The standard InChI is InChI=1S/C34H43Cl3N2O2/c1-3-4-5-6-7-8-9-10-11-12-13-14-15-16-17-24-41-34(40)32-26(2)33(27-18-20-28(35)21-19-27)39(38-32)31-23-22-29(36)25-30(31)37/h9-10,18-23,25H,3-8,11-17,24H2,1-2H3/b10-9+. The summed E-state index contributed by atoms with van der Waals surface area (Å²) in [5.74, 6) is -0.432. The second-order valence-electron chi connectivity index (χ2n) is 10.6. The average Bonchev–Trinajstić information content (AvgIpc) is 3.29. The highest BCUT2D eigenvalue weighted by Crippen LogP contribution is 2.33. The van der Waals surface area contributed by atoms with Gasteiger partial charge < -0.3 is 4.74 Å². The summed E-state index contributed by atoms with van der Waals surface area (Å²) >= 11 is 18.8. The number of carbonyl (C=O) groups excluding carboxylic acids is 1. The normalized spacial score (nSPS) is 11.4. The summed E-state index contributed by atoms with van der Waals surface area (Å²) < 4.78 is 7.31. The topological polar surface area (TPSA) is 44.1 Å². The molecule has 0 unspecified atom stereocenters. The van der Waals surface area contributed by atoms with E-state index >= 15 is 0 Å². The first kappa shape index (κ1) is 33.2. The van der Waals surface area contributed by atoms with Gasteiger partial charge in [0.05, 0.1) is 23.0 Å². The Morgan fingerprint density at radius 3 is 2.02 bits per heavy atom. The summed E-state index contributed by atoms with van der Waals surface area (Å²) in [4.78, 5) is 13.1. The lowest BCUT2D eigenvalue weighted by Gasteiger charge is -2.11. The van der Waals surface area contributed by atoms with Gasteiger partial charge in [-0.25, -0.2) is 9.48 Å². The molecule has 222 valence electrons. The number of benzene rings is 2. The molecule has 0 atom stereocenters. The Kier molecular flexibility index (Phi) is 14.8. The minimum absolute atomic E-state index is 0.273. The Balaban J connectivity index is 1.45. The first-order chi connectivity index (χ1) is 19.9. The van der Waals surface area contributed by atoms with E-state index in [1.165, 1.54) is 64.2 Å². The largest absolute Gasteiger partial charge is 0.461 e. The zero-order valence-corrected chi connectivity index (χ0v) is 26.7. The minimum Gasteiger partial charge on any atom is -0.461 e. The number of ether oxygens (including phenoxy) is 1. The van der Waals surface area contributed by atoms with Crippen LogP contribution in [-0.2, 0) is 4.74 Å². The van der Waals surface area contributed by atoms with Crippen molar-refractivity contribution in [2.75, 3.05) is 6.61 Å². The zero-order valence-electron chi connectivity index (χ0n) is 24.4. The number of nitrogens with zero attached hydrogens (tertiary/aromatic N) is 2. The summed E-state index contributed by atoms with van der Waals surface area (Å²) in [6, 6.07) is 12.6. The highest BCUT2D eigenvalue weighted by atomic mass is 35.5. The van der Waals surface area contributed by atoms with E-state index in [-0.39, 0.29) is 5.69 Å². The molecule has 0 spiro atoms. The van der Waals surface area contributed by atoms with Crippen molar-refractivity contribution in [2.45, 2.75) is 97.3 Å². The van der Waals surface area contributed by atoms with Gasteiger partial charge in [0.1, 0.15) is 0 Å². The Bertz CT molecular complexity index is 1250. The molecule has 1 heterocycles. The third kappa shape index (κ3) is 10.8. The van der Waals surface area contributed by atoms with Crippen LogP contribution in [0.1, 0.15) is 106 Å². The van der Waals surface area contributed by atoms with Crippen LogP contribution in [0.15, 0.2) is 54.6 Å². The van der Waals surface area contributed by atoms with Crippen LogP contribution in [0.5, 0.6) is 0 Å².